The number of nitrogens with two attached hydrogens (primary N) is 1. The van der Waals surface area contributed by atoms with Gasteiger partial charge in [-0.25, -0.2) is 8.42 Å². The SMILES string of the molecule is CS(=O)(=O)CCCNC(=O)c1cnccc1N. The molecule has 0 aromatic carbocycles. The number of sulfone groups is 1. The van der Waals surface area contributed by atoms with Crippen molar-refractivity contribution in [2.75, 3.05) is 24.3 Å². The minimum Gasteiger partial charge on any atom is -0.398 e. The number of anilines is 1. The Hall–Kier alpha value is -1.63. The largest absolute Gasteiger partial charge is 0.398 e. The van der Waals surface area contributed by atoms with Crippen LogP contribution in [-0.2, 0) is 9.84 Å². The van der Waals surface area contributed by atoms with E-state index in [2.05, 4.69) is 10.3 Å². The van der Waals surface area contributed by atoms with Crippen molar-refractivity contribution in [3.63, 3.8) is 0 Å². The minimum atomic E-state index is -2.98. The van der Waals surface area contributed by atoms with Gasteiger partial charge in [0.15, 0.2) is 0 Å². The summed E-state index contributed by atoms with van der Waals surface area (Å²) in [5.41, 5.74) is 6.24. The van der Waals surface area contributed by atoms with Gasteiger partial charge >= 0.3 is 0 Å². The van der Waals surface area contributed by atoms with Crippen LogP contribution in [0.4, 0.5) is 5.69 Å². The summed E-state index contributed by atoms with van der Waals surface area (Å²) >= 11 is 0. The number of aromatic nitrogens is 1. The molecule has 3 N–H and O–H groups in total. The van der Waals surface area contributed by atoms with E-state index in [4.69, 9.17) is 5.73 Å². The quantitative estimate of drug-likeness (QED) is 0.713. The van der Waals surface area contributed by atoms with Gasteiger partial charge < -0.3 is 11.1 Å². The van der Waals surface area contributed by atoms with E-state index in [0.29, 0.717) is 24.2 Å². The third-order valence-electron chi connectivity index (χ3n) is 2.08. The Morgan fingerprint density at radius 3 is 2.82 bits per heavy atom. The van der Waals surface area contributed by atoms with Gasteiger partial charge in [-0.1, -0.05) is 0 Å². The van der Waals surface area contributed by atoms with E-state index in [-0.39, 0.29) is 11.7 Å². The van der Waals surface area contributed by atoms with Crippen molar-refractivity contribution in [3.05, 3.63) is 24.0 Å². The van der Waals surface area contributed by atoms with E-state index < -0.39 is 9.84 Å². The van der Waals surface area contributed by atoms with Crippen LogP contribution >= 0.6 is 0 Å². The Balaban J connectivity index is 2.44. The van der Waals surface area contributed by atoms with Gasteiger partial charge in [-0.05, 0) is 12.5 Å². The topological polar surface area (TPSA) is 102 Å². The lowest BCUT2D eigenvalue weighted by molar-refractivity contribution is 0.0954. The molecular formula is C10H15N3O3S. The third-order valence-corrected chi connectivity index (χ3v) is 3.11. The first-order chi connectivity index (χ1) is 7.90. The summed E-state index contributed by atoms with van der Waals surface area (Å²) in [5.74, 6) is -0.292. The van der Waals surface area contributed by atoms with E-state index in [1.807, 2.05) is 0 Å². The number of carbonyl (C=O) groups is 1. The van der Waals surface area contributed by atoms with Gasteiger partial charge in [0.25, 0.3) is 5.91 Å². The summed E-state index contributed by atoms with van der Waals surface area (Å²) < 4.78 is 21.7. The Labute approximate surface area is 100 Å². The molecule has 17 heavy (non-hydrogen) atoms. The molecule has 7 heteroatoms. The minimum absolute atomic E-state index is 0.0514. The highest BCUT2D eigenvalue weighted by atomic mass is 32.2. The standard InChI is InChI=1S/C10H15N3O3S/c1-17(15,16)6-2-4-13-10(14)8-7-12-5-3-9(8)11/h3,5,7H,2,4,6H2,1H3,(H2,11,12)(H,13,14). The lowest BCUT2D eigenvalue weighted by Crippen LogP contribution is -2.26. The van der Waals surface area contributed by atoms with Crippen LogP contribution in [0.2, 0.25) is 0 Å². The van der Waals surface area contributed by atoms with Crippen molar-refractivity contribution in [1.29, 1.82) is 0 Å². The smallest absolute Gasteiger partial charge is 0.254 e. The molecule has 0 atom stereocenters. The Bertz CT molecular complexity index is 499. The first-order valence-electron chi connectivity index (χ1n) is 5.05. The molecule has 1 aromatic rings. The molecule has 0 aliphatic carbocycles. The van der Waals surface area contributed by atoms with Crippen molar-refractivity contribution in [2.24, 2.45) is 0 Å². The molecule has 0 radical (unpaired) electrons. The number of pyridine rings is 1. The number of amides is 1. The van der Waals surface area contributed by atoms with Gasteiger partial charge in [-0.2, -0.15) is 0 Å². The Kier molecular flexibility index (Phi) is 4.45. The number of nitrogens with zero attached hydrogens (tertiary/aromatic N) is 1. The summed E-state index contributed by atoms with van der Waals surface area (Å²) in [6.07, 6.45) is 4.41. The van der Waals surface area contributed by atoms with E-state index in [9.17, 15) is 13.2 Å². The van der Waals surface area contributed by atoms with Crippen LogP contribution < -0.4 is 11.1 Å². The molecule has 0 aliphatic rings. The van der Waals surface area contributed by atoms with Gasteiger partial charge in [0.2, 0.25) is 0 Å². The van der Waals surface area contributed by atoms with Crippen molar-refractivity contribution in [3.8, 4) is 0 Å². The molecule has 0 spiro atoms. The van der Waals surface area contributed by atoms with Crippen LogP contribution in [0.5, 0.6) is 0 Å². The summed E-state index contributed by atoms with van der Waals surface area (Å²) in [5, 5.41) is 2.59. The molecule has 0 saturated heterocycles. The average Bonchev–Trinajstić information content (AvgIpc) is 2.23. The highest BCUT2D eigenvalue weighted by Gasteiger charge is 2.09. The summed E-state index contributed by atoms with van der Waals surface area (Å²) in [7, 11) is -2.98. The number of hydrogen-bond donors (Lipinski definition) is 2. The summed E-state index contributed by atoms with van der Waals surface area (Å²) in [6.45, 7) is 0.292. The second-order valence-electron chi connectivity index (χ2n) is 3.70. The number of nitrogens with one attached hydrogen (secondary N) is 1. The fraction of sp³-hybridized carbons (Fsp3) is 0.400. The van der Waals surface area contributed by atoms with Crippen molar-refractivity contribution in [1.82, 2.24) is 10.3 Å². The van der Waals surface area contributed by atoms with Crippen LogP contribution in [0, 0.1) is 0 Å². The van der Waals surface area contributed by atoms with Gasteiger partial charge in [0, 0.05) is 30.9 Å². The number of nitrogen functional groups attached to an aromatic ring is 1. The number of rotatable bonds is 5. The molecule has 0 fully saturated rings. The second kappa shape index (κ2) is 5.62. The maximum Gasteiger partial charge on any atom is 0.254 e. The number of hydrogen-bond acceptors (Lipinski definition) is 5. The monoisotopic (exact) mass is 257 g/mol. The van der Waals surface area contributed by atoms with Crippen molar-refractivity contribution < 1.29 is 13.2 Å². The Morgan fingerprint density at radius 2 is 2.24 bits per heavy atom. The van der Waals surface area contributed by atoms with Crippen LogP contribution in [-0.4, -0.2) is 37.9 Å². The van der Waals surface area contributed by atoms with E-state index >= 15 is 0 Å². The maximum absolute atomic E-state index is 11.6. The highest BCUT2D eigenvalue weighted by Crippen LogP contribution is 2.07. The van der Waals surface area contributed by atoms with Crippen LogP contribution in [0.25, 0.3) is 0 Å². The fourth-order valence-corrected chi connectivity index (χ4v) is 1.90. The van der Waals surface area contributed by atoms with Crippen LogP contribution in [0.3, 0.4) is 0 Å². The van der Waals surface area contributed by atoms with Gasteiger partial charge in [-0.15, -0.1) is 0 Å². The zero-order valence-corrected chi connectivity index (χ0v) is 10.3. The summed E-state index contributed by atoms with van der Waals surface area (Å²) in [4.78, 5) is 15.4. The lowest BCUT2D eigenvalue weighted by atomic mass is 10.2. The molecule has 1 rings (SSSR count). The molecule has 1 aromatic heterocycles. The molecule has 0 saturated carbocycles. The predicted octanol–water partition coefficient (Wildman–Crippen LogP) is -0.172. The fourth-order valence-electron chi connectivity index (χ4n) is 1.23. The molecule has 1 amide bonds. The molecule has 0 aliphatic heterocycles. The first kappa shape index (κ1) is 13.4. The first-order valence-corrected chi connectivity index (χ1v) is 7.11. The molecule has 94 valence electrons. The molecule has 0 unspecified atom stereocenters. The summed E-state index contributed by atoms with van der Waals surface area (Å²) in [6, 6.07) is 1.53. The molecular weight excluding hydrogens is 242 g/mol. The molecule has 1 heterocycles. The van der Waals surface area contributed by atoms with Gasteiger partial charge in [-0.3, -0.25) is 9.78 Å². The molecule has 0 bridgehead atoms. The maximum atomic E-state index is 11.6. The van der Waals surface area contributed by atoms with Crippen LogP contribution in [0.15, 0.2) is 18.5 Å². The van der Waals surface area contributed by atoms with Crippen molar-refractivity contribution in [2.45, 2.75) is 6.42 Å². The average molecular weight is 257 g/mol. The number of carbonyl (C=O) groups excluding carboxylic acids is 1. The zero-order valence-electron chi connectivity index (χ0n) is 9.51. The highest BCUT2D eigenvalue weighted by molar-refractivity contribution is 7.90. The Morgan fingerprint density at radius 1 is 1.53 bits per heavy atom. The second-order valence-corrected chi connectivity index (χ2v) is 5.96. The normalized spacial score (nSPS) is 11.1. The zero-order chi connectivity index (χ0) is 12.9. The van der Waals surface area contributed by atoms with Crippen molar-refractivity contribution >= 4 is 21.4 Å². The predicted molar refractivity (Wildman–Crippen MR) is 65.3 cm³/mol. The van der Waals surface area contributed by atoms with Crippen LogP contribution in [0.1, 0.15) is 16.8 Å². The van der Waals surface area contributed by atoms with E-state index in [1.165, 1.54) is 18.5 Å². The van der Waals surface area contributed by atoms with Gasteiger partial charge in [0.1, 0.15) is 9.84 Å². The lowest BCUT2D eigenvalue weighted by Gasteiger charge is -2.06. The van der Waals surface area contributed by atoms with Gasteiger partial charge in [0.05, 0.1) is 11.3 Å². The third kappa shape index (κ3) is 4.81. The molecule has 6 nitrogen and oxygen atoms in total. The van der Waals surface area contributed by atoms with E-state index in [0.717, 1.165) is 6.26 Å². The van der Waals surface area contributed by atoms with E-state index in [1.54, 1.807) is 0 Å².